The van der Waals surface area contributed by atoms with E-state index in [9.17, 15) is 4.79 Å². The van der Waals surface area contributed by atoms with Crippen molar-refractivity contribution < 1.29 is 4.79 Å². The average molecular weight is 329 g/mol. The number of carbonyl (C=O) groups is 1. The van der Waals surface area contributed by atoms with Gasteiger partial charge in [-0.05, 0) is 17.7 Å². The molecule has 23 heavy (non-hydrogen) atoms. The molecule has 7 heteroatoms. The Morgan fingerprint density at radius 3 is 2.83 bits per heavy atom. The number of fused-ring (bicyclic) bond motifs is 1. The van der Waals surface area contributed by atoms with Gasteiger partial charge in [0.2, 0.25) is 0 Å². The van der Waals surface area contributed by atoms with Crippen LogP contribution in [0, 0.1) is 0 Å². The number of thiazole rings is 1. The van der Waals surface area contributed by atoms with Crippen LogP contribution >= 0.6 is 11.3 Å². The number of imidazole rings is 1. The van der Waals surface area contributed by atoms with E-state index in [4.69, 9.17) is 5.73 Å². The number of amides is 1. The molecule has 0 spiro atoms. The van der Waals surface area contributed by atoms with Crippen LogP contribution in [0.25, 0.3) is 4.83 Å². The second-order valence-corrected chi connectivity index (χ2v) is 6.41. The summed E-state index contributed by atoms with van der Waals surface area (Å²) in [4.78, 5) is 19.3. The van der Waals surface area contributed by atoms with Crippen molar-refractivity contribution in [1.29, 1.82) is 0 Å². The third-order valence-electron chi connectivity index (χ3n) is 3.71. The molecule has 3 aromatic rings. The summed E-state index contributed by atoms with van der Waals surface area (Å²) in [5.74, 6) is -0.144. The molecule has 0 aliphatic heterocycles. The van der Waals surface area contributed by atoms with Gasteiger partial charge in [-0.15, -0.1) is 11.3 Å². The molecule has 0 saturated carbocycles. The van der Waals surface area contributed by atoms with E-state index in [1.165, 1.54) is 11.3 Å². The van der Waals surface area contributed by atoms with Crippen molar-refractivity contribution >= 4 is 27.8 Å². The van der Waals surface area contributed by atoms with Crippen LogP contribution in [0.3, 0.4) is 0 Å². The highest BCUT2D eigenvalue weighted by molar-refractivity contribution is 7.15. The Morgan fingerprint density at radius 1 is 1.39 bits per heavy atom. The summed E-state index contributed by atoms with van der Waals surface area (Å²) in [6, 6.07) is 7.78. The van der Waals surface area contributed by atoms with Gasteiger partial charge in [-0.25, -0.2) is 4.98 Å². The maximum absolute atomic E-state index is 12.3. The fourth-order valence-electron chi connectivity index (χ4n) is 2.32. The maximum Gasteiger partial charge on any atom is 0.269 e. The van der Waals surface area contributed by atoms with Gasteiger partial charge in [0.1, 0.15) is 16.9 Å². The van der Waals surface area contributed by atoms with Crippen LogP contribution in [0.5, 0.6) is 0 Å². The summed E-state index contributed by atoms with van der Waals surface area (Å²) in [6.07, 6.45) is 3.38. The maximum atomic E-state index is 12.3. The van der Waals surface area contributed by atoms with Crippen LogP contribution < -0.4 is 16.0 Å². The molecule has 3 rings (SSSR count). The third-order valence-corrected chi connectivity index (χ3v) is 4.59. The molecule has 1 amide bonds. The Labute approximate surface area is 138 Å². The highest BCUT2D eigenvalue weighted by Crippen LogP contribution is 2.17. The Balaban J connectivity index is 1.63. The lowest BCUT2D eigenvalue weighted by Crippen LogP contribution is -2.32. The SMILES string of the molecule is CN(C)c1ccc(C(N)CNC(=O)c2csc3cncn23)cc1. The zero-order valence-electron chi connectivity index (χ0n) is 13.1. The predicted molar refractivity (Wildman–Crippen MR) is 93.1 cm³/mol. The number of hydrogen-bond donors (Lipinski definition) is 2. The van der Waals surface area contributed by atoms with Crippen molar-refractivity contribution in [1.82, 2.24) is 14.7 Å². The van der Waals surface area contributed by atoms with Crippen LogP contribution in [0.15, 0.2) is 42.2 Å². The molecular weight excluding hydrogens is 310 g/mol. The number of anilines is 1. The van der Waals surface area contributed by atoms with E-state index in [1.54, 1.807) is 16.9 Å². The highest BCUT2D eigenvalue weighted by atomic mass is 32.1. The number of nitrogens with two attached hydrogens (primary N) is 1. The first-order valence-electron chi connectivity index (χ1n) is 7.27. The first-order chi connectivity index (χ1) is 11.1. The van der Waals surface area contributed by atoms with Crippen molar-refractivity contribution in [2.24, 2.45) is 5.73 Å². The smallest absolute Gasteiger partial charge is 0.269 e. The number of hydrogen-bond acceptors (Lipinski definition) is 5. The van der Waals surface area contributed by atoms with Crippen molar-refractivity contribution in [2.45, 2.75) is 6.04 Å². The molecule has 0 aliphatic rings. The zero-order valence-corrected chi connectivity index (χ0v) is 13.9. The number of benzene rings is 1. The molecule has 0 aliphatic carbocycles. The minimum atomic E-state index is -0.243. The lowest BCUT2D eigenvalue weighted by molar-refractivity contribution is 0.0945. The van der Waals surface area contributed by atoms with Gasteiger partial charge in [0, 0.05) is 37.7 Å². The summed E-state index contributed by atoms with van der Waals surface area (Å²) in [5.41, 5.74) is 8.86. The second kappa shape index (κ2) is 6.39. The quantitative estimate of drug-likeness (QED) is 0.749. The molecule has 3 N–H and O–H groups in total. The van der Waals surface area contributed by atoms with Gasteiger partial charge in [-0.1, -0.05) is 12.1 Å². The number of rotatable bonds is 5. The van der Waals surface area contributed by atoms with Crippen molar-refractivity contribution in [3.63, 3.8) is 0 Å². The van der Waals surface area contributed by atoms with Gasteiger partial charge < -0.3 is 16.0 Å². The highest BCUT2D eigenvalue weighted by Gasteiger charge is 2.14. The van der Waals surface area contributed by atoms with Gasteiger partial charge in [-0.3, -0.25) is 9.20 Å². The lowest BCUT2D eigenvalue weighted by Gasteiger charge is -2.16. The first-order valence-corrected chi connectivity index (χ1v) is 8.15. The number of aromatic nitrogens is 2. The van der Waals surface area contributed by atoms with E-state index in [0.717, 1.165) is 16.1 Å². The van der Waals surface area contributed by atoms with Crippen molar-refractivity contribution in [3.8, 4) is 0 Å². The van der Waals surface area contributed by atoms with Gasteiger partial charge >= 0.3 is 0 Å². The topological polar surface area (TPSA) is 75.7 Å². The molecule has 0 bridgehead atoms. The average Bonchev–Trinajstić information content (AvgIpc) is 3.15. The standard InChI is InChI=1S/C16H19N5OS/c1-20(2)12-5-3-11(4-6-12)13(17)7-19-16(22)14-9-23-15-8-18-10-21(14)15/h3-6,8-10,13H,7,17H2,1-2H3,(H,19,22). The summed E-state index contributed by atoms with van der Waals surface area (Å²) in [7, 11) is 3.99. The van der Waals surface area contributed by atoms with Crippen LogP contribution in [0.4, 0.5) is 5.69 Å². The van der Waals surface area contributed by atoms with Crippen LogP contribution in [0.1, 0.15) is 22.1 Å². The molecule has 6 nitrogen and oxygen atoms in total. The molecule has 1 unspecified atom stereocenters. The van der Waals surface area contributed by atoms with Crippen LogP contribution in [0.2, 0.25) is 0 Å². The minimum absolute atomic E-state index is 0.144. The number of carbonyl (C=O) groups excluding carboxylic acids is 1. The van der Waals surface area contributed by atoms with Gasteiger partial charge in [0.05, 0.1) is 6.20 Å². The first kappa shape index (κ1) is 15.5. The molecule has 0 saturated heterocycles. The summed E-state index contributed by atoms with van der Waals surface area (Å²) in [5, 5.41) is 4.71. The Hall–Kier alpha value is -2.38. The number of nitrogens with one attached hydrogen (secondary N) is 1. The largest absolute Gasteiger partial charge is 0.378 e. The normalized spacial score (nSPS) is 12.3. The Kier molecular flexibility index (Phi) is 4.31. The molecule has 1 aromatic carbocycles. The van der Waals surface area contributed by atoms with Gasteiger partial charge in [0.15, 0.2) is 0 Å². The Morgan fingerprint density at radius 2 is 2.13 bits per heavy atom. The van der Waals surface area contributed by atoms with Gasteiger partial charge in [-0.2, -0.15) is 0 Å². The monoisotopic (exact) mass is 329 g/mol. The van der Waals surface area contributed by atoms with Gasteiger partial charge in [0.25, 0.3) is 5.91 Å². The summed E-state index contributed by atoms with van der Waals surface area (Å²) >= 11 is 1.49. The molecule has 0 radical (unpaired) electrons. The van der Waals surface area contributed by atoms with Crippen LogP contribution in [-0.2, 0) is 0 Å². The van der Waals surface area contributed by atoms with E-state index in [-0.39, 0.29) is 11.9 Å². The minimum Gasteiger partial charge on any atom is -0.378 e. The molecule has 120 valence electrons. The van der Waals surface area contributed by atoms with Crippen molar-refractivity contribution in [2.75, 3.05) is 25.5 Å². The molecular formula is C16H19N5OS. The second-order valence-electron chi connectivity index (χ2n) is 5.53. The van der Waals surface area contributed by atoms with E-state index in [1.807, 2.05) is 48.6 Å². The predicted octanol–water partition coefficient (Wildman–Crippen LogP) is 1.89. The van der Waals surface area contributed by atoms with E-state index < -0.39 is 0 Å². The molecule has 0 fully saturated rings. The fourth-order valence-corrected chi connectivity index (χ4v) is 3.15. The fraction of sp³-hybridized carbons (Fsp3) is 0.250. The van der Waals surface area contributed by atoms with E-state index in [0.29, 0.717) is 12.2 Å². The molecule has 2 aromatic heterocycles. The third kappa shape index (κ3) is 3.20. The van der Waals surface area contributed by atoms with E-state index >= 15 is 0 Å². The lowest BCUT2D eigenvalue weighted by atomic mass is 10.1. The zero-order chi connectivity index (χ0) is 16.4. The number of nitrogens with zero attached hydrogens (tertiary/aromatic N) is 3. The molecule has 1 atom stereocenters. The summed E-state index contributed by atoms with van der Waals surface area (Å²) in [6.45, 7) is 0.381. The van der Waals surface area contributed by atoms with Crippen molar-refractivity contribution in [3.05, 3.63) is 53.4 Å². The van der Waals surface area contributed by atoms with E-state index in [2.05, 4.69) is 10.3 Å². The molecule has 2 heterocycles. The summed E-state index contributed by atoms with van der Waals surface area (Å²) < 4.78 is 1.78. The Bertz CT molecular complexity index is 805. The van der Waals surface area contributed by atoms with Crippen LogP contribution in [-0.4, -0.2) is 35.9 Å².